The lowest BCUT2D eigenvalue weighted by molar-refractivity contribution is -0.136. The highest BCUT2D eigenvalue weighted by Gasteiger charge is 2.28. The highest BCUT2D eigenvalue weighted by atomic mass is 16.5. The Bertz CT molecular complexity index is 398. The van der Waals surface area contributed by atoms with Gasteiger partial charge in [-0.1, -0.05) is 30.3 Å². The van der Waals surface area contributed by atoms with E-state index in [1.54, 1.807) is 0 Å². The van der Waals surface area contributed by atoms with Crippen molar-refractivity contribution >= 4 is 5.91 Å². The van der Waals surface area contributed by atoms with Gasteiger partial charge in [0.1, 0.15) is 6.10 Å². The number of rotatable bonds is 3. The van der Waals surface area contributed by atoms with E-state index in [1.807, 2.05) is 44.2 Å². The van der Waals surface area contributed by atoms with Crippen LogP contribution in [0.2, 0.25) is 0 Å². The second-order valence-electron chi connectivity index (χ2n) is 5.04. The van der Waals surface area contributed by atoms with Crippen molar-refractivity contribution in [2.24, 2.45) is 0 Å². The van der Waals surface area contributed by atoms with Crippen molar-refractivity contribution in [3.05, 3.63) is 35.9 Å². The second kappa shape index (κ2) is 5.50. The zero-order valence-electron chi connectivity index (χ0n) is 10.9. The van der Waals surface area contributed by atoms with Crippen LogP contribution >= 0.6 is 0 Å². The summed E-state index contributed by atoms with van der Waals surface area (Å²) in [5.74, 6) is -0.0592. The molecule has 98 valence electrons. The molecule has 1 fully saturated rings. The van der Waals surface area contributed by atoms with Crippen LogP contribution in [0.3, 0.4) is 0 Å². The van der Waals surface area contributed by atoms with Crippen molar-refractivity contribution in [3.63, 3.8) is 0 Å². The van der Waals surface area contributed by atoms with Crippen molar-refractivity contribution in [3.8, 4) is 0 Å². The zero-order valence-corrected chi connectivity index (χ0v) is 10.9. The molecule has 0 saturated carbocycles. The van der Waals surface area contributed by atoms with E-state index < -0.39 is 0 Å². The number of carbonyl (C=O) groups is 1. The second-order valence-corrected chi connectivity index (χ2v) is 5.04. The molecule has 2 rings (SSSR count). The molecule has 2 N–H and O–H groups in total. The van der Waals surface area contributed by atoms with Gasteiger partial charge in [0.15, 0.2) is 0 Å². The Morgan fingerprint density at radius 2 is 2.11 bits per heavy atom. The Kier molecular flexibility index (Phi) is 3.99. The maximum absolute atomic E-state index is 12.1. The predicted octanol–water partition coefficient (Wildman–Crippen LogP) is 1.03. The lowest BCUT2D eigenvalue weighted by Gasteiger charge is -2.30. The van der Waals surface area contributed by atoms with E-state index in [0.29, 0.717) is 13.2 Å². The smallest absolute Gasteiger partial charge is 0.251 e. The highest BCUT2D eigenvalue weighted by molar-refractivity contribution is 5.82. The number of amides is 1. The minimum Gasteiger partial charge on any atom is -0.366 e. The quantitative estimate of drug-likeness (QED) is 0.840. The topological polar surface area (TPSA) is 50.4 Å². The number of carbonyl (C=O) groups excluding carboxylic acids is 1. The van der Waals surface area contributed by atoms with Crippen molar-refractivity contribution in [1.82, 2.24) is 10.6 Å². The van der Waals surface area contributed by atoms with Gasteiger partial charge in [0.25, 0.3) is 5.91 Å². The van der Waals surface area contributed by atoms with Gasteiger partial charge in [-0.15, -0.1) is 0 Å². The largest absolute Gasteiger partial charge is 0.366 e. The molecule has 0 radical (unpaired) electrons. The first-order valence-corrected chi connectivity index (χ1v) is 6.29. The lowest BCUT2D eigenvalue weighted by Crippen LogP contribution is -2.52. The van der Waals surface area contributed by atoms with Crippen LogP contribution in [0.1, 0.15) is 19.4 Å². The maximum atomic E-state index is 12.1. The van der Waals surface area contributed by atoms with Crippen LogP contribution in [0.25, 0.3) is 0 Å². The van der Waals surface area contributed by atoms with Crippen LogP contribution in [0, 0.1) is 0 Å². The van der Waals surface area contributed by atoms with Gasteiger partial charge in [-0.25, -0.2) is 0 Å². The van der Waals surface area contributed by atoms with Gasteiger partial charge < -0.3 is 15.4 Å². The van der Waals surface area contributed by atoms with E-state index in [-0.39, 0.29) is 17.6 Å². The van der Waals surface area contributed by atoms with Crippen LogP contribution in [-0.4, -0.2) is 31.7 Å². The molecule has 4 nitrogen and oxygen atoms in total. The molecule has 1 saturated heterocycles. The summed E-state index contributed by atoms with van der Waals surface area (Å²) in [4.78, 5) is 12.1. The molecular weight excluding hydrogens is 228 g/mol. The number of ether oxygens (including phenoxy) is 1. The molecule has 1 aliphatic heterocycles. The number of nitrogens with one attached hydrogen (secondary N) is 2. The number of morpholine rings is 1. The molecule has 1 aromatic carbocycles. The van der Waals surface area contributed by atoms with Gasteiger partial charge in [-0.3, -0.25) is 4.79 Å². The third-order valence-corrected chi connectivity index (χ3v) is 3.15. The maximum Gasteiger partial charge on any atom is 0.251 e. The third-order valence-electron chi connectivity index (χ3n) is 3.15. The molecule has 0 aromatic heterocycles. The van der Waals surface area contributed by atoms with Crippen LogP contribution in [0.5, 0.6) is 0 Å². The summed E-state index contributed by atoms with van der Waals surface area (Å²) in [5.41, 5.74) is 0.696. The molecule has 1 atom stereocenters. The molecule has 1 heterocycles. The monoisotopic (exact) mass is 248 g/mol. The summed E-state index contributed by atoms with van der Waals surface area (Å²) in [5, 5.41) is 6.19. The van der Waals surface area contributed by atoms with Crippen molar-refractivity contribution < 1.29 is 9.53 Å². The van der Waals surface area contributed by atoms with Crippen molar-refractivity contribution in [1.29, 1.82) is 0 Å². The number of hydrogen-bond donors (Lipinski definition) is 2. The summed E-state index contributed by atoms with van der Waals surface area (Å²) >= 11 is 0. The van der Waals surface area contributed by atoms with Crippen molar-refractivity contribution in [2.75, 3.05) is 19.7 Å². The Hall–Kier alpha value is -1.39. The Balaban J connectivity index is 2.01. The van der Waals surface area contributed by atoms with Gasteiger partial charge in [-0.05, 0) is 19.4 Å². The first-order chi connectivity index (χ1) is 8.59. The van der Waals surface area contributed by atoms with E-state index in [0.717, 1.165) is 12.1 Å². The van der Waals surface area contributed by atoms with Crippen molar-refractivity contribution in [2.45, 2.75) is 25.5 Å². The number of hydrogen-bond acceptors (Lipinski definition) is 3. The van der Waals surface area contributed by atoms with E-state index >= 15 is 0 Å². The van der Waals surface area contributed by atoms with E-state index in [4.69, 9.17) is 4.74 Å². The molecule has 0 bridgehead atoms. The molecule has 0 spiro atoms. The van der Waals surface area contributed by atoms with Crippen LogP contribution in [0.15, 0.2) is 30.3 Å². The van der Waals surface area contributed by atoms with Gasteiger partial charge in [-0.2, -0.15) is 0 Å². The molecule has 0 aliphatic carbocycles. The van der Waals surface area contributed by atoms with Gasteiger partial charge in [0.05, 0.1) is 12.1 Å². The first kappa shape index (κ1) is 13.1. The highest BCUT2D eigenvalue weighted by Crippen LogP contribution is 2.19. The fraction of sp³-hybridized carbons (Fsp3) is 0.500. The normalized spacial score (nSPS) is 20.4. The summed E-state index contributed by atoms with van der Waals surface area (Å²) in [6.07, 6.45) is -0.387. The summed E-state index contributed by atoms with van der Waals surface area (Å²) in [6.45, 7) is 5.97. The third kappa shape index (κ3) is 3.09. The molecule has 1 aliphatic rings. The number of benzene rings is 1. The minimum atomic E-state index is -0.390. The Labute approximate surface area is 108 Å². The first-order valence-electron chi connectivity index (χ1n) is 6.29. The molecule has 18 heavy (non-hydrogen) atoms. The van der Waals surface area contributed by atoms with Crippen LogP contribution in [0.4, 0.5) is 0 Å². The average Bonchev–Trinajstić information content (AvgIpc) is 2.40. The fourth-order valence-electron chi connectivity index (χ4n) is 2.05. The predicted molar refractivity (Wildman–Crippen MR) is 70.2 cm³/mol. The van der Waals surface area contributed by atoms with E-state index in [2.05, 4.69) is 10.6 Å². The molecule has 1 unspecified atom stereocenters. The summed E-state index contributed by atoms with van der Waals surface area (Å²) in [6, 6.07) is 9.94. The van der Waals surface area contributed by atoms with Gasteiger partial charge in [0, 0.05) is 13.1 Å². The zero-order chi connectivity index (χ0) is 13.0. The molecular formula is C14H20N2O2. The minimum absolute atomic E-state index is 0.0592. The van der Waals surface area contributed by atoms with E-state index in [1.165, 1.54) is 0 Å². The Morgan fingerprint density at radius 1 is 1.39 bits per heavy atom. The molecule has 1 amide bonds. The van der Waals surface area contributed by atoms with Crippen LogP contribution < -0.4 is 10.6 Å². The standard InChI is InChI=1S/C14H20N2O2/c1-14(2,11-6-4-3-5-7-11)16-13(17)12-10-15-8-9-18-12/h3-7,12,15H,8-10H2,1-2H3,(H,16,17). The molecule has 4 heteroatoms. The Morgan fingerprint density at radius 3 is 2.72 bits per heavy atom. The summed E-state index contributed by atoms with van der Waals surface area (Å²) < 4.78 is 5.45. The average molecular weight is 248 g/mol. The SMILES string of the molecule is CC(C)(NC(=O)C1CNCCO1)c1ccccc1. The van der Waals surface area contributed by atoms with Crippen LogP contribution in [-0.2, 0) is 15.1 Å². The fourth-order valence-corrected chi connectivity index (χ4v) is 2.05. The van der Waals surface area contributed by atoms with E-state index in [9.17, 15) is 4.79 Å². The lowest BCUT2D eigenvalue weighted by atomic mass is 9.94. The summed E-state index contributed by atoms with van der Waals surface area (Å²) in [7, 11) is 0. The van der Waals surface area contributed by atoms with Gasteiger partial charge in [0.2, 0.25) is 0 Å². The van der Waals surface area contributed by atoms with Gasteiger partial charge >= 0.3 is 0 Å². The molecule has 1 aromatic rings.